The summed E-state index contributed by atoms with van der Waals surface area (Å²) >= 11 is 1.48. The molecule has 2 aliphatic carbocycles. The Morgan fingerprint density at radius 2 is 1.90 bits per heavy atom. The number of nitrogens with one attached hydrogen (secondary N) is 2. The van der Waals surface area contributed by atoms with Crippen LogP contribution >= 0.6 is 11.3 Å². The van der Waals surface area contributed by atoms with Crippen LogP contribution in [0.15, 0.2) is 0 Å². The lowest BCUT2D eigenvalue weighted by molar-refractivity contribution is -0.124. The number of thiophene rings is 1. The first-order valence-corrected chi connectivity index (χ1v) is 11.2. The molecule has 0 spiro atoms. The highest BCUT2D eigenvalue weighted by Gasteiger charge is 2.30. The number of rotatable bonds is 7. The molecule has 158 valence electrons. The molecule has 2 heterocycles. The van der Waals surface area contributed by atoms with E-state index in [0.29, 0.717) is 23.2 Å². The van der Waals surface area contributed by atoms with Crippen molar-refractivity contribution in [3.8, 4) is 0 Å². The molecule has 0 bridgehead atoms. The SMILES string of the molecule is C[C@H](C(=O)Nc1sc2c(c1C(N)=O)CCC2)N1CCN(CC(=O)NC2CC2)CC1. The van der Waals surface area contributed by atoms with Gasteiger partial charge in [-0.1, -0.05) is 0 Å². The molecule has 0 radical (unpaired) electrons. The lowest BCUT2D eigenvalue weighted by Gasteiger charge is -2.37. The monoisotopic (exact) mass is 419 g/mol. The highest BCUT2D eigenvalue weighted by Crippen LogP contribution is 2.38. The minimum Gasteiger partial charge on any atom is -0.365 e. The van der Waals surface area contributed by atoms with Gasteiger partial charge in [-0.15, -0.1) is 11.3 Å². The molecule has 1 aromatic heterocycles. The van der Waals surface area contributed by atoms with Crippen LogP contribution in [0.5, 0.6) is 0 Å². The summed E-state index contributed by atoms with van der Waals surface area (Å²) in [6, 6.07) is 0.0755. The fourth-order valence-corrected chi connectivity index (χ4v) is 5.45. The second kappa shape index (κ2) is 8.41. The number of nitrogens with two attached hydrogens (primary N) is 1. The molecule has 9 heteroatoms. The number of fused-ring (bicyclic) bond motifs is 1. The van der Waals surface area contributed by atoms with E-state index in [1.165, 1.54) is 16.2 Å². The largest absolute Gasteiger partial charge is 0.365 e. The normalized spacial score (nSPS) is 20.9. The third-order valence-electron chi connectivity index (χ3n) is 6.05. The average molecular weight is 420 g/mol. The number of hydrogen-bond acceptors (Lipinski definition) is 6. The molecule has 3 amide bonds. The molecule has 1 atom stereocenters. The van der Waals surface area contributed by atoms with Gasteiger partial charge in [0.2, 0.25) is 11.8 Å². The number of amides is 3. The smallest absolute Gasteiger partial charge is 0.251 e. The minimum absolute atomic E-state index is 0.0940. The Balaban J connectivity index is 1.30. The molecule has 0 unspecified atom stereocenters. The van der Waals surface area contributed by atoms with Crippen LogP contribution in [0.4, 0.5) is 5.00 Å². The van der Waals surface area contributed by atoms with Gasteiger partial charge in [0.15, 0.2) is 0 Å². The van der Waals surface area contributed by atoms with Gasteiger partial charge in [0, 0.05) is 37.1 Å². The fourth-order valence-electron chi connectivity index (χ4n) is 4.15. The summed E-state index contributed by atoms with van der Waals surface area (Å²) in [5.41, 5.74) is 7.10. The molecule has 29 heavy (non-hydrogen) atoms. The first kappa shape index (κ1) is 20.3. The van der Waals surface area contributed by atoms with Crippen LogP contribution in [0.25, 0.3) is 0 Å². The van der Waals surface area contributed by atoms with Crippen molar-refractivity contribution < 1.29 is 14.4 Å². The van der Waals surface area contributed by atoms with Gasteiger partial charge in [-0.05, 0) is 44.6 Å². The number of carbonyl (C=O) groups excluding carboxylic acids is 3. The molecule has 1 saturated carbocycles. The number of aryl methyl sites for hydroxylation is 1. The molecule has 8 nitrogen and oxygen atoms in total. The number of anilines is 1. The maximum absolute atomic E-state index is 12.8. The van der Waals surface area contributed by atoms with Crippen LogP contribution < -0.4 is 16.4 Å². The minimum atomic E-state index is -0.467. The van der Waals surface area contributed by atoms with Crippen molar-refractivity contribution in [3.63, 3.8) is 0 Å². The standard InChI is InChI=1S/C20H29N5O3S/c1-12(25-9-7-24(8-10-25)11-16(26)22-13-5-6-13)19(28)23-20-17(18(21)27)14-3-2-4-15(14)29-20/h12-13H,2-11H2,1H3,(H2,21,27)(H,22,26)(H,23,28)/t12-/m1/s1. The first-order valence-electron chi connectivity index (χ1n) is 10.4. The second-order valence-corrected chi connectivity index (χ2v) is 9.35. The van der Waals surface area contributed by atoms with Gasteiger partial charge >= 0.3 is 0 Å². The van der Waals surface area contributed by atoms with E-state index in [1.807, 2.05) is 6.92 Å². The van der Waals surface area contributed by atoms with Crippen molar-refractivity contribution >= 4 is 34.1 Å². The van der Waals surface area contributed by atoms with E-state index < -0.39 is 5.91 Å². The van der Waals surface area contributed by atoms with Gasteiger partial charge in [0.05, 0.1) is 18.2 Å². The number of carbonyl (C=O) groups is 3. The second-order valence-electron chi connectivity index (χ2n) is 8.24. The molecule has 1 aromatic rings. The third-order valence-corrected chi connectivity index (χ3v) is 7.26. The van der Waals surface area contributed by atoms with E-state index >= 15 is 0 Å². The van der Waals surface area contributed by atoms with Crippen molar-refractivity contribution in [1.82, 2.24) is 15.1 Å². The molecule has 1 saturated heterocycles. The van der Waals surface area contributed by atoms with Crippen molar-refractivity contribution in [2.45, 2.75) is 51.1 Å². The molecular formula is C20H29N5O3S. The number of nitrogens with zero attached hydrogens (tertiary/aromatic N) is 2. The maximum atomic E-state index is 12.8. The molecule has 4 N–H and O–H groups in total. The van der Waals surface area contributed by atoms with Gasteiger partial charge < -0.3 is 16.4 Å². The number of hydrogen-bond donors (Lipinski definition) is 3. The van der Waals surface area contributed by atoms with Crippen LogP contribution in [0.2, 0.25) is 0 Å². The molecule has 3 aliphatic rings. The van der Waals surface area contributed by atoms with E-state index in [9.17, 15) is 14.4 Å². The first-order chi connectivity index (χ1) is 13.9. The van der Waals surface area contributed by atoms with Crippen molar-refractivity contribution in [2.24, 2.45) is 5.73 Å². The zero-order chi connectivity index (χ0) is 20.5. The van der Waals surface area contributed by atoms with Crippen molar-refractivity contribution in [1.29, 1.82) is 0 Å². The van der Waals surface area contributed by atoms with Crippen LogP contribution in [0, 0.1) is 0 Å². The molecule has 2 fully saturated rings. The molecular weight excluding hydrogens is 390 g/mol. The quantitative estimate of drug-likeness (QED) is 0.599. The zero-order valence-electron chi connectivity index (χ0n) is 16.8. The van der Waals surface area contributed by atoms with Gasteiger partial charge in [-0.25, -0.2) is 0 Å². The Hall–Kier alpha value is -1.97. The number of piperazine rings is 1. The lowest BCUT2D eigenvalue weighted by atomic mass is 10.1. The van der Waals surface area contributed by atoms with E-state index in [2.05, 4.69) is 20.4 Å². The van der Waals surface area contributed by atoms with E-state index in [1.54, 1.807) is 0 Å². The topological polar surface area (TPSA) is 108 Å². The Morgan fingerprint density at radius 3 is 2.55 bits per heavy atom. The van der Waals surface area contributed by atoms with Gasteiger partial charge in [-0.3, -0.25) is 24.2 Å². The van der Waals surface area contributed by atoms with Crippen LogP contribution in [-0.2, 0) is 22.4 Å². The summed E-state index contributed by atoms with van der Waals surface area (Å²) < 4.78 is 0. The highest BCUT2D eigenvalue weighted by molar-refractivity contribution is 7.17. The van der Waals surface area contributed by atoms with E-state index in [0.717, 1.165) is 63.8 Å². The average Bonchev–Trinajstić information content (AvgIpc) is 3.25. The molecule has 1 aliphatic heterocycles. The Bertz CT molecular complexity index is 811. The highest BCUT2D eigenvalue weighted by atomic mass is 32.1. The van der Waals surface area contributed by atoms with Crippen LogP contribution in [-0.4, -0.2) is 72.3 Å². The third kappa shape index (κ3) is 4.62. The van der Waals surface area contributed by atoms with Crippen molar-refractivity contribution in [2.75, 3.05) is 38.0 Å². The lowest BCUT2D eigenvalue weighted by Crippen LogP contribution is -2.54. The number of primary amides is 1. The van der Waals surface area contributed by atoms with Gasteiger partial charge in [0.25, 0.3) is 5.91 Å². The zero-order valence-corrected chi connectivity index (χ0v) is 17.6. The van der Waals surface area contributed by atoms with Crippen LogP contribution in [0.1, 0.15) is 47.0 Å². The summed E-state index contributed by atoms with van der Waals surface area (Å²) in [6.07, 6.45) is 5.02. The van der Waals surface area contributed by atoms with Crippen LogP contribution in [0.3, 0.4) is 0 Å². The Kier molecular flexibility index (Phi) is 5.89. The maximum Gasteiger partial charge on any atom is 0.251 e. The molecule has 0 aromatic carbocycles. The summed E-state index contributed by atoms with van der Waals surface area (Å²) in [6.45, 7) is 5.29. The summed E-state index contributed by atoms with van der Waals surface area (Å²) in [5, 5.41) is 6.56. The molecule has 4 rings (SSSR count). The van der Waals surface area contributed by atoms with Gasteiger partial charge in [-0.2, -0.15) is 0 Å². The van der Waals surface area contributed by atoms with Crippen molar-refractivity contribution in [3.05, 3.63) is 16.0 Å². The Labute approximate surface area is 174 Å². The van der Waals surface area contributed by atoms with E-state index in [-0.39, 0.29) is 17.9 Å². The van der Waals surface area contributed by atoms with E-state index in [4.69, 9.17) is 5.73 Å². The fraction of sp³-hybridized carbons (Fsp3) is 0.650. The summed E-state index contributed by atoms with van der Waals surface area (Å²) in [5.74, 6) is -0.491. The Morgan fingerprint density at radius 1 is 1.17 bits per heavy atom. The summed E-state index contributed by atoms with van der Waals surface area (Å²) in [7, 11) is 0. The summed E-state index contributed by atoms with van der Waals surface area (Å²) in [4.78, 5) is 42.1. The predicted octanol–water partition coefficient (Wildman–Crippen LogP) is 0.559. The van der Waals surface area contributed by atoms with Gasteiger partial charge in [0.1, 0.15) is 5.00 Å². The predicted molar refractivity (Wildman–Crippen MR) is 112 cm³/mol.